The predicted octanol–water partition coefficient (Wildman–Crippen LogP) is 2.02. The summed E-state index contributed by atoms with van der Waals surface area (Å²) >= 11 is 0. The lowest BCUT2D eigenvalue weighted by atomic mass is 10.2. The van der Waals surface area contributed by atoms with Crippen LogP contribution in [0.15, 0.2) is 30.3 Å². The van der Waals surface area contributed by atoms with E-state index in [1.54, 1.807) is 0 Å². The Morgan fingerprint density at radius 2 is 2.23 bits per heavy atom. The van der Waals surface area contributed by atoms with Crippen LogP contribution in [-0.4, -0.2) is 47.1 Å². The Bertz CT molecular complexity index is 808. The molecule has 1 aromatic carbocycles. The van der Waals surface area contributed by atoms with Crippen molar-refractivity contribution < 1.29 is 9.47 Å². The van der Waals surface area contributed by atoms with Gasteiger partial charge in [0.05, 0.1) is 37.1 Å². The van der Waals surface area contributed by atoms with E-state index in [-0.39, 0.29) is 6.10 Å². The minimum Gasteiger partial charge on any atom is -0.376 e. The van der Waals surface area contributed by atoms with Gasteiger partial charge in [0, 0.05) is 18.0 Å². The van der Waals surface area contributed by atoms with Gasteiger partial charge in [-0.25, -0.2) is 9.50 Å². The first-order valence-corrected chi connectivity index (χ1v) is 7.49. The first-order valence-electron chi connectivity index (χ1n) is 7.49. The van der Waals surface area contributed by atoms with Gasteiger partial charge in [0.2, 0.25) is 0 Å². The van der Waals surface area contributed by atoms with Crippen molar-refractivity contribution in [3.8, 4) is 0 Å². The molecule has 0 radical (unpaired) electrons. The Balaban J connectivity index is 1.71. The van der Waals surface area contributed by atoms with Gasteiger partial charge in [0.25, 0.3) is 0 Å². The summed E-state index contributed by atoms with van der Waals surface area (Å²) < 4.78 is 13.0. The second-order valence-electron chi connectivity index (χ2n) is 5.48. The normalized spacial score (nSPS) is 18.9. The number of nitrogens with zero attached hydrogens (tertiary/aromatic N) is 3. The number of hydrogen-bond donors (Lipinski definition) is 1. The molecule has 1 fully saturated rings. The van der Waals surface area contributed by atoms with Crippen LogP contribution in [0, 0.1) is 6.92 Å². The van der Waals surface area contributed by atoms with Crippen molar-refractivity contribution in [3.63, 3.8) is 0 Å². The van der Waals surface area contributed by atoms with E-state index >= 15 is 0 Å². The number of benzene rings is 1. The maximum atomic E-state index is 5.67. The molecular formula is C16H18N4O2. The highest BCUT2D eigenvalue weighted by atomic mass is 16.6. The summed E-state index contributed by atoms with van der Waals surface area (Å²) in [7, 11) is 0. The molecule has 3 heterocycles. The number of rotatable bonds is 3. The second-order valence-corrected chi connectivity index (χ2v) is 5.48. The molecule has 2 aromatic heterocycles. The van der Waals surface area contributed by atoms with Crippen LogP contribution in [0.2, 0.25) is 0 Å². The third-order valence-corrected chi connectivity index (χ3v) is 3.81. The average molecular weight is 298 g/mol. The van der Waals surface area contributed by atoms with E-state index in [0.29, 0.717) is 26.4 Å². The van der Waals surface area contributed by atoms with Crippen LogP contribution in [0.5, 0.6) is 0 Å². The molecule has 4 rings (SSSR count). The minimum absolute atomic E-state index is 0.0668. The SMILES string of the molecule is Cc1cc2nc(NCC3COCCO3)c3ccccc3n2n1. The summed E-state index contributed by atoms with van der Waals surface area (Å²) in [4.78, 5) is 4.70. The first-order chi connectivity index (χ1) is 10.8. The van der Waals surface area contributed by atoms with Crippen molar-refractivity contribution in [1.82, 2.24) is 14.6 Å². The summed E-state index contributed by atoms with van der Waals surface area (Å²) in [5.74, 6) is 0.858. The monoisotopic (exact) mass is 298 g/mol. The number of para-hydroxylation sites is 1. The van der Waals surface area contributed by atoms with E-state index in [2.05, 4.69) is 22.5 Å². The van der Waals surface area contributed by atoms with Gasteiger partial charge in [0.1, 0.15) is 5.82 Å². The molecule has 3 aromatic rings. The molecule has 0 amide bonds. The second kappa shape index (κ2) is 5.55. The fourth-order valence-electron chi connectivity index (χ4n) is 2.78. The smallest absolute Gasteiger partial charge is 0.158 e. The lowest BCUT2D eigenvalue weighted by Gasteiger charge is -2.23. The zero-order valence-electron chi connectivity index (χ0n) is 12.5. The van der Waals surface area contributed by atoms with Crippen molar-refractivity contribution in [3.05, 3.63) is 36.0 Å². The van der Waals surface area contributed by atoms with Gasteiger partial charge < -0.3 is 14.8 Å². The lowest BCUT2D eigenvalue weighted by molar-refractivity contribution is -0.0819. The number of hydrogen-bond acceptors (Lipinski definition) is 5. The largest absolute Gasteiger partial charge is 0.376 e. The molecule has 1 saturated heterocycles. The lowest BCUT2D eigenvalue weighted by Crippen LogP contribution is -2.34. The molecule has 0 saturated carbocycles. The maximum Gasteiger partial charge on any atom is 0.158 e. The Hall–Kier alpha value is -2.18. The molecule has 1 unspecified atom stereocenters. The molecule has 114 valence electrons. The zero-order valence-corrected chi connectivity index (χ0v) is 12.5. The van der Waals surface area contributed by atoms with Crippen LogP contribution >= 0.6 is 0 Å². The maximum absolute atomic E-state index is 5.67. The molecule has 6 nitrogen and oxygen atoms in total. The molecule has 1 aliphatic heterocycles. The van der Waals surface area contributed by atoms with E-state index in [0.717, 1.165) is 28.1 Å². The van der Waals surface area contributed by atoms with Crippen molar-refractivity contribution in [2.75, 3.05) is 31.7 Å². The number of aryl methyl sites for hydroxylation is 1. The van der Waals surface area contributed by atoms with Crippen LogP contribution < -0.4 is 5.32 Å². The number of nitrogens with one attached hydrogen (secondary N) is 1. The molecule has 22 heavy (non-hydrogen) atoms. The van der Waals surface area contributed by atoms with Crippen molar-refractivity contribution in [1.29, 1.82) is 0 Å². The average Bonchev–Trinajstić information content (AvgIpc) is 2.94. The van der Waals surface area contributed by atoms with E-state index < -0.39 is 0 Å². The molecule has 0 bridgehead atoms. The fraction of sp³-hybridized carbons (Fsp3) is 0.375. The fourth-order valence-corrected chi connectivity index (χ4v) is 2.78. The minimum atomic E-state index is 0.0668. The van der Waals surface area contributed by atoms with Gasteiger partial charge >= 0.3 is 0 Å². The highest BCUT2D eigenvalue weighted by Crippen LogP contribution is 2.23. The highest BCUT2D eigenvalue weighted by Gasteiger charge is 2.15. The topological polar surface area (TPSA) is 60.7 Å². The first kappa shape index (κ1) is 13.5. The quantitative estimate of drug-likeness (QED) is 0.801. The summed E-state index contributed by atoms with van der Waals surface area (Å²) in [6, 6.07) is 10.1. The Kier molecular flexibility index (Phi) is 3.40. The van der Waals surface area contributed by atoms with E-state index in [1.165, 1.54) is 0 Å². The predicted molar refractivity (Wildman–Crippen MR) is 84.3 cm³/mol. The van der Waals surface area contributed by atoms with Gasteiger partial charge in [-0.3, -0.25) is 0 Å². The number of anilines is 1. The summed E-state index contributed by atoms with van der Waals surface area (Å²) in [5, 5.41) is 8.97. The number of fused-ring (bicyclic) bond motifs is 3. The van der Waals surface area contributed by atoms with Crippen molar-refractivity contribution in [2.45, 2.75) is 13.0 Å². The van der Waals surface area contributed by atoms with Crippen LogP contribution in [-0.2, 0) is 9.47 Å². The van der Waals surface area contributed by atoms with Crippen LogP contribution in [0.4, 0.5) is 5.82 Å². The number of ether oxygens (including phenoxy) is 2. The Labute approximate surface area is 128 Å². The molecule has 1 atom stereocenters. The van der Waals surface area contributed by atoms with Crippen LogP contribution in [0.3, 0.4) is 0 Å². The van der Waals surface area contributed by atoms with Gasteiger partial charge in [-0.15, -0.1) is 0 Å². The highest BCUT2D eigenvalue weighted by molar-refractivity contribution is 5.91. The summed E-state index contributed by atoms with van der Waals surface area (Å²) in [6.45, 7) is 4.61. The molecule has 1 aliphatic rings. The standard InChI is InChI=1S/C16H18N4O2/c1-11-8-15-18-16(17-9-12-10-21-6-7-22-12)13-4-2-3-5-14(13)20(15)19-11/h2-5,8,12H,6-7,9-10H2,1H3,(H,17,18). The summed E-state index contributed by atoms with van der Waals surface area (Å²) in [6.07, 6.45) is 0.0668. The molecule has 1 N–H and O–H groups in total. The Morgan fingerprint density at radius 1 is 1.32 bits per heavy atom. The molecule has 0 spiro atoms. The summed E-state index contributed by atoms with van der Waals surface area (Å²) in [5.41, 5.74) is 2.85. The van der Waals surface area contributed by atoms with E-state index in [4.69, 9.17) is 14.5 Å². The Morgan fingerprint density at radius 3 is 3.09 bits per heavy atom. The van der Waals surface area contributed by atoms with E-state index in [1.807, 2.05) is 29.6 Å². The van der Waals surface area contributed by atoms with E-state index in [9.17, 15) is 0 Å². The molecule has 6 heteroatoms. The van der Waals surface area contributed by atoms with Gasteiger partial charge in [0.15, 0.2) is 5.65 Å². The van der Waals surface area contributed by atoms with Crippen molar-refractivity contribution in [2.24, 2.45) is 0 Å². The van der Waals surface area contributed by atoms with Crippen molar-refractivity contribution >= 4 is 22.4 Å². The molecule has 0 aliphatic carbocycles. The number of aromatic nitrogens is 3. The zero-order chi connectivity index (χ0) is 14.9. The molecular weight excluding hydrogens is 280 g/mol. The van der Waals surface area contributed by atoms with Gasteiger partial charge in [-0.2, -0.15) is 5.10 Å². The van der Waals surface area contributed by atoms with Gasteiger partial charge in [-0.05, 0) is 19.1 Å². The van der Waals surface area contributed by atoms with Gasteiger partial charge in [-0.1, -0.05) is 12.1 Å². The van der Waals surface area contributed by atoms with Crippen LogP contribution in [0.25, 0.3) is 16.6 Å². The third kappa shape index (κ3) is 2.40. The van der Waals surface area contributed by atoms with Crippen LogP contribution in [0.1, 0.15) is 5.69 Å². The third-order valence-electron chi connectivity index (χ3n) is 3.81.